The molecule has 0 aromatic rings. The molecule has 31 heavy (non-hydrogen) atoms. The van der Waals surface area contributed by atoms with Crippen molar-refractivity contribution in [1.82, 2.24) is 0 Å². The number of carbonyl (C=O) groups excluding carboxylic acids is 1. The molecule has 0 heterocycles. The van der Waals surface area contributed by atoms with E-state index in [9.17, 15) is 4.79 Å². The Morgan fingerprint density at radius 3 is 2.58 bits per heavy atom. The van der Waals surface area contributed by atoms with E-state index in [1.54, 1.807) is 0 Å². The highest BCUT2D eigenvalue weighted by atomic mass is 16.5. The van der Waals surface area contributed by atoms with Gasteiger partial charge in [-0.3, -0.25) is 4.79 Å². The highest BCUT2D eigenvalue weighted by Crippen LogP contribution is 2.67. The van der Waals surface area contributed by atoms with Gasteiger partial charge in [0.15, 0.2) is 0 Å². The van der Waals surface area contributed by atoms with Gasteiger partial charge in [0, 0.05) is 13.3 Å². The summed E-state index contributed by atoms with van der Waals surface area (Å²) in [6.07, 6.45) is 17.9. The Labute approximate surface area is 191 Å². The Kier molecular flexibility index (Phi) is 6.50. The monoisotopic (exact) mass is 426 g/mol. The summed E-state index contributed by atoms with van der Waals surface area (Å²) in [7, 11) is 0. The number of fused-ring (bicyclic) bond motifs is 5. The zero-order valence-corrected chi connectivity index (χ0v) is 21.0. The first-order valence-corrected chi connectivity index (χ1v) is 13.2. The van der Waals surface area contributed by atoms with E-state index in [2.05, 4.69) is 46.8 Å². The summed E-state index contributed by atoms with van der Waals surface area (Å²) < 4.78 is 5.48. The van der Waals surface area contributed by atoms with Gasteiger partial charge in [0.1, 0.15) is 5.76 Å². The summed E-state index contributed by atoms with van der Waals surface area (Å²) in [5.74, 6) is 5.88. The largest absolute Gasteiger partial charge is 0.431 e. The van der Waals surface area contributed by atoms with Gasteiger partial charge in [-0.15, -0.1) is 0 Å². The fourth-order valence-electron chi connectivity index (χ4n) is 8.59. The van der Waals surface area contributed by atoms with Gasteiger partial charge in [-0.2, -0.15) is 0 Å². The summed E-state index contributed by atoms with van der Waals surface area (Å²) in [5, 5.41) is 0. The molecule has 0 N–H and O–H groups in total. The van der Waals surface area contributed by atoms with Crippen LogP contribution < -0.4 is 0 Å². The minimum Gasteiger partial charge on any atom is -0.431 e. The minimum atomic E-state index is -0.183. The molecule has 4 aliphatic rings. The van der Waals surface area contributed by atoms with E-state index in [0.717, 1.165) is 54.1 Å². The van der Waals surface area contributed by atoms with E-state index >= 15 is 0 Å². The molecule has 174 valence electrons. The van der Waals surface area contributed by atoms with Crippen molar-refractivity contribution in [3.63, 3.8) is 0 Å². The number of esters is 1. The van der Waals surface area contributed by atoms with Gasteiger partial charge < -0.3 is 4.74 Å². The van der Waals surface area contributed by atoms with Crippen LogP contribution in [0.3, 0.4) is 0 Å². The second-order valence-corrected chi connectivity index (χ2v) is 12.4. The number of rotatable bonds is 6. The average molecular weight is 427 g/mol. The first-order valence-electron chi connectivity index (χ1n) is 13.2. The van der Waals surface area contributed by atoms with Gasteiger partial charge >= 0.3 is 5.97 Å². The van der Waals surface area contributed by atoms with Crippen LogP contribution in [0.4, 0.5) is 0 Å². The van der Waals surface area contributed by atoms with E-state index in [0.29, 0.717) is 5.41 Å². The molecule has 7 atom stereocenters. The number of hydrogen-bond acceptors (Lipinski definition) is 2. The van der Waals surface area contributed by atoms with Crippen molar-refractivity contribution in [3.05, 3.63) is 23.5 Å². The van der Waals surface area contributed by atoms with E-state index < -0.39 is 0 Å². The Bertz CT molecular complexity index is 746. The molecule has 0 bridgehead atoms. The molecule has 2 saturated carbocycles. The Hall–Kier alpha value is -1.05. The van der Waals surface area contributed by atoms with Crippen molar-refractivity contribution in [1.29, 1.82) is 0 Å². The standard InChI is InChI=1S/C29H46O2/c1-19(2)8-7-9-20(3)25-12-13-26-24-11-10-22-18-23(31-21(4)30)14-16-28(22,5)27(24)15-17-29(25,26)6/h10,18-20,24-27H,7-9,11-17H2,1-6H3/t20-,24-,25+,26-,27-,28+,29+/m1/s1. The molecule has 0 unspecified atom stereocenters. The van der Waals surface area contributed by atoms with Crippen LogP contribution in [0.5, 0.6) is 0 Å². The van der Waals surface area contributed by atoms with Gasteiger partial charge in [-0.1, -0.05) is 60.0 Å². The van der Waals surface area contributed by atoms with Crippen molar-refractivity contribution in [3.8, 4) is 0 Å². The second-order valence-electron chi connectivity index (χ2n) is 12.4. The maximum Gasteiger partial charge on any atom is 0.307 e. The van der Waals surface area contributed by atoms with Gasteiger partial charge in [-0.25, -0.2) is 0 Å². The first kappa shape index (κ1) is 23.1. The third-order valence-corrected chi connectivity index (χ3v) is 10.2. The van der Waals surface area contributed by atoms with Crippen LogP contribution in [0.1, 0.15) is 106 Å². The van der Waals surface area contributed by atoms with E-state index in [-0.39, 0.29) is 11.4 Å². The highest BCUT2D eigenvalue weighted by Gasteiger charge is 2.58. The molecule has 2 fully saturated rings. The average Bonchev–Trinajstić information content (AvgIpc) is 3.05. The molecule has 2 heteroatoms. The predicted molar refractivity (Wildman–Crippen MR) is 128 cm³/mol. The summed E-state index contributed by atoms with van der Waals surface area (Å²) in [6.45, 7) is 14.0. The second kappa shape index (κ2) is 8.71. The topological polar surface area (TPSA) is 26.3 Å². The number of allylic oxidation sites excluding steroid dienone is 4. The lowest BCUT2D eigenvalue weighted by molar-refractivity contribution is -0.137. The zero-order valence-electron chi connectivity index (χ0n) is 21.0. The number of ether oxygens (including phenoxy) is 1. The Morgan fingerprint density at radius 2 is 1.87 bits per heavy atom. The molecule has 0 saturated heterocycles. The van der Waals surface area contributed by atoms with Gasteiger partial charge in [0.2, 0.25) is 0 Å². The molecule has 0 aliphatic heterocycles. The highest BCUT2D eigenvalue weighted by molar-refractivity contribution is 5.67. The zero-order chi connectivity index (χ0) is 22.4. The van der Waals surface area contributed by atoms with Crippen molar-refractivity contribution >= 4 is 5.97 Å². The SMILES string of the molecule is CC(=O)OC1=CC2=CC[C@@H]3[C@H]4CC[C@@H]([C@H](C)CCCC(C)C)[C@]4(C)CC[C@H]3[C@@]2(C)CC1. The first-order chi connectivity index (χ1) is 14.6. The number of hydrogen-bond donors (Lipinski definition) is 0. The molecule has 4 aliphatic carbocycles. The molecule has 2 nitrogen and oxygen atoms in total. The fraction of sp³-hybridized carbons (Fsp3) is 0.828. The van der Waals surface area contributed by atoms with Crippen LogP contribution in [0, 0.1) is 46.3 Å². The summed E-state index contributed by atoms with van der Waals surface area (Å²) in [6, 6.07) is 0. The van der Waals surface area contributed by atoms with E-state index in [1.165, 1.54) is 63.9 Å². The molecule has 0 aromatic heterocycles. The maximum absolute atomic E-state index is 11.4. The smallest absolute Gasteiger partial charge is 0.307 e. The Balaban J connectivity index is 1.50. The lowest BCUT2D eigenvalue weighted by Crippen LogP contribution is -2.49. The van der Waals surface area contributed by atoms with Gasteiger partial charge in [-0.05, 0) is 96.5 Å². The third-order valence-electron chi connectivity index (χ3n) is 10.2. The lowest BCUT2D eigenvalue weighted by Gasteiger charge is -2.57. The lowest BCUT2D eigenvalue weighted by atomic mass is 9.47. The van der Waals surface area contributed by atoms with Gasteiger partial charge in [0.25, 0.3) is 0 Å². The molecular weight excluding hydrogens is 380 g/mol. The van der Waals surface area contributed by atoms with Crippen molar-refractivity contribution < 1.29 is 9.53 Å². The van der Waals surface area contributed by atoms with E-state index in [1.807, 2.05) is 0 Å². The molecule has 0 radical (unpaired) electrons. The Morgan fingerprint density at radius 1 is 1.10 bits per heavy atom. The van der Waals surface area contributed by atoms with Crippen LogP contribution in [0.2, 0.25) is 0 Å². The molecule has 0 aromatic carbocycles. The van der Waals surface area contributed by atoms with E-state index in [4.69, 9.17) is 4.74 Å². The van der Waals surface area contributed by atoms with Crippen LogP contribution in [0.25, 0.3) is 0 Å². The van der Waals surface area contributed by atoms with Crippen molar-refractivity contribution in [2.75, 3.05) is 0 Å². The maximum atomic E-state index is 11.4. The number of carbonyl (C=O) groups is 1. The summed E-state index contributed by atoms with van der Waals surface area (Å²) >= 11 is 0. The molecular formula is C29H46O2. The van der Waals surface area contributed by atoms with Crippen LogP contribution in [-0.4, -0.2) is 5.97 Å². The van der Waals surface area contributed by atoms with Crippen LogP contribution >= 0.6 is 0 Å². The summed E-state index contributed by atoms with van der Waals surface area (Å²) in [4.78, 5) is 11.4. The minimum absolute atomic E-state index is 0.183. The molecule has 0 amide bonds. The van der Waals surface area contributed by atoms with Crippen LogP contribution in [0.15, 0.2) is 23.5 Å². The molecule has 4 rings (SSSR count). The predicted octanol–water partition coefficient (Wildman–Crippen LogP) is 8.08. The fourth-order valence-corrected chi connectivity index (χ4v) is 8.59. The van der Waals surface area contributed by atoms with Crippen LogP contribution in [-0.2, 0) is 9.53 Å². The summed E-state index contributed by atoms with van der Waals surface area (Å²) in [5.41, 5.74) is 2.28. The third kappa shape index (κ3) is 4.18. The quantitative estimate of drug-likeness (QED) is 0.401. The van der Waals surface area contributed by atoms with Gasteiger partial charge in [0.05, 0.1) is 0 Å². The molecule has 0 spiro atoms. The normalized spacial score (nSPS) is 40.4. The van der Waals surface area contributed by atoms with Crippen molar-refractivity contribution in [2.45, 2.75) is 106 Å². The van der Waals surface area contributed by atoms with Crippen molar-refractivity contribution in [2.24, 2.45) is 46.3 Å².